The summed E-state index contributed by atoms with van der Waals surface area (Å²) in [5.74, 6) is 0. The fourth-order valence-corrected chi connectivity index (χ4v) is 1.47. The van der Waals surface area contributed by atoms with Crippen LogP contribution in [-0.2, 0) is 6.55 Å². The molecular weight excluding hydrogens is 100 g/mol. The van der Waals surface area contributed by atoms with Crippen molar-refractivity contribution >= 4 is 8.40 Å². The van der Waals surface area contributed by atoms with Gasteiger partial charge < -0.3 is 0 Å². The minimum atomic E-state index is -0.185. The summed E-state index contributed by atoms with van der Waals surface area (Å²) >= 11 is 0. The van der Waals surface area contributed by atoms with E-state index in [1.807, 2.05) is 0 Å². The average molecular weight is 108 g/mol. The molecular formula is C6H8Si. The first-order valence-corrected chi connectivity index (χ1v) is 4.57. The van der Waals surface area contributed by atoms with E-state index in [0.717, 1.165) is 0 Å². The van der Waals surface area contributed by atoms with E-state index in [0.29, 0.717) is 0 Å². The van der Waals surface area contributed by atoms with Crippen molar-refractivity contribution in [3.63, 3.8) is 0 Å². The van der Waals surface area contributed by atoms with Crippen molar-refractivity contribution in [2.24, 2.45) is 6.55 Å². The number of hydrogen-bond donors (Lipinski definition) is 0. The normalized spacial score (nSPS) is 8.71. The van der Waals surface area contributed by atoms with Gasteiger partial charge in [0, 0.05) is 8.40 Å². The molecule has 0 aliphatic heterocycles. The molecule has 1 aromatic heterocycles. The lowest BCUT2D eigenvalue weighted by molar-refractivity contribution is 1.80. The molecule has 0 amide bonds. The third kappa shape index (κ3) is 1.24. The van der Waals surface area contributed by atoms with Crippen LogP contribution in [0.2, 0.25) is 0 Å². The van der Waals surface area contributed by atoms with Gasteiger partial charge in [-0.3, -0.25) is 0 Å². The lowest BCUT2D eigenvalue weighted by Crippen LogP contribution is -1.85. The highest BCUT2D eigenvalue weighted by atomic mass is 28.2. The molecule has 0 atom stereocenters. The average Bonchev–Trinajstić information content (AvgIpc) is 1.69. The van der Waals surface area contributed by atoms with E-state index in [1.165, 1.54) is 0 Å². The summed E-state index contributed by atoms with van der Waals surface area (Å²) in [4.78, 5) is 0. The second-order valence-corrected chi connectivity index (χ2v) is 3.81. The Morgan fingerprint density at radius 1 is 1.00 bits per heavy atom. The van der Waals surface area contributed by atoms with E-state index in [-0.39, 0.29) is 8.40 Å². The highest BCUT2D eigenvalue weighted by molar-refractivity contribution is 6.47. The first kappa shape index (κ1) is 4.72. The van der Waals surface area contributed by atoms with E-state index >= 15 is 0 Å². The van der Waals surface area contributed by atoms with Crippen LogP contribution >= 0.6 is 0 Å². The molecule has 0 N–H and O–H groups in total. The van der Waals surface area contributed by atoms with Crippen LogP contribution in [-0.4, -0.2) is 8.40 Å². The van der Waals surface area contributed by atoms with Crippen LogP contribution in [0.15, 0.2) is 29.6 Å². The van der Waals surface area contributed by atoms with E-state index < -0.39 is 0 Å². The summed E-state index contributed by atoms with van der Waals surface area (Å²) in [5.41, 5.74) is 4.54. The van der Waals surface area contributed by atoms with Gasteiger partial charge in [-0.2, -0.15) is 0 Å². The lowest BCUT2D eigenvalue weighted by Gasteiger charge is -1.81. The third-order valence-electron chi connectivity index (χ3n) is 0.940. The summed E-state index contributed by atoms with van der Waals surface area (Å²) in [6.45, 7) is 2.27. The van der Waals surface area contributed by atoms with Crippen LogP contribution in [0.25, 0.3) is 0 Å². The Labute approximate surface area is 45.3 Å². The maximum atomic E-state index is 2.27. The summed E-state index contributed by atoms with van der Waals surface area (Å²) in [7, 11) is -0.185. The Morgan fingerprint density at radius 3 is 1.86 bits per heavy atom. The van der Waals surface area contributed by atoms with Gasteiger partial charge in [0.25, 0.3) is 0 Å². The minimum Gasteiger partial charge on any atom is -0.0780 e. The maximum Gasteiger partial charge on any atom is 0.0336 e. The zero-order valence-electron chi connectivity index (χ0n) is 4.39. The van der Waals surface area contributed by atoms with Crippen molar-refractivity contribution in [1.29, 1.82) is 0 Å². The molecule has 1 rings (SSSR count). The molecule has 1 heterocycles. The van der Waals surface area contributed by atoms with Crippen LogP contribution < -0.4 is 0 Å². The van der Waals surface area contributed by atoms with Crippen molar-refractivity contribution in [2.45, 2.75) is 0 Å². The van der Waals surface area contributed by atoms with Gasteiger partial charge >= 0.3 is 0 Å². The molecule has 0 radical (unpaired) electrons. The van der Waals surface area contributed by atoms with E-state index in [1.54, 1.807) is 0 Å². The lowest BCUT2D eigenvalue weighted by atomic mass is 10.6. The van der Waals surface area contributed by atoms with Gasteiger partial charge in [-0.05, 0) is 0 Å². The second kappa shape index (κ2) is 2.03. The molecule has 0 saturated heterocycles. The van der Waals surface area contributed by atoms with Crippen molar-refractivity contribution in [2.75, 3.05) is 0 Å². The maximum absolute atomic E-state index is 2.27. The molecule has 1 heteroatoms. The summed E-state index contributed by atoms with van der Waals surface area (Å²) in [6.07, 6.45) is 0. The molecule has 0 bridgehead atoms. The first-order valence-electron chi connectivity index (χ1n) is 2.41. The largest absolute Gasteiger partial charge is 0.0780 e. The van der Waals surface area contributed by atoms with Gasteiger partial charge in [0.1, 0.15) is 0 Å². The highest BCUT2D eigenvalue weighted by Crippen LogP contribution is 1.79. The fourth-order valence-electron chi connectivity index (χ4n) is 0.534. The molecule has 0 fully saturated rings. The fraction of sp³-hybridized carbons (Fsp3) is 0.167. The summed E-state index contributed by atoms with van der Waals surface area (Å²) < 4.78 is 0. The molecule has 0 aliphatic rings. The van der Waals surface area contributed by atoms with Gasteiger partial charge in [-0.25, -0.2) is 0 Å². The molecule has 0 saturated carbocycles. The second-order valence-electron chi connectivity index (χ2n) is 1.65. The minimum absolute atomic E-state index is 0.185. The van der Waals surface area contributed by atoms with E-state index in [9.17, 15) is 0 Å². The SMILES string of the molecule is C[si]1ccccc1. The quantitative estimate of drug-likeness (QED) is 0.439. The first-order chi connectivity index (χ1) is 3.39. The predicted octanol–water partition coefficient (Wildman–Crippen LogP) is 1.25. The van der Waals surface area contributed by atoms with Gasteiger partial charge in [-0.15, -0.1) is 0 Å². The number of hydrogen-bond acceptors (Lipinski definition) is 0. The van der Waals surface area contributed by atoms with E-state index in [4.69, 9.17) is 0 Å². The smallest absolute Gasteiger partial charge is 0.0336 e. The molecule has 0 nitrogen and oxygen atoms in total. The molecule has 0 spiro atoms. The Kier molecular flexibility index (Phi) is 1.37. The van der Waals surface area contributed by atoms with Gasteiger partial charge in [0.2, 0.25) is 0 Å². The number of rotatable bonds is 0. The molecule has 7 heavy (non-hydrogen) atoms. The Bertz CT molecular complexity index is 134. The predicted molar refractivity (Wildman–Crippen MR) is 33.4 cm³/mol. The van der Waals surface area contributed by atoms with E-state index in [2.05, 4.69) is 36.1 Å². The monoisotopic (exact) mass is 108 g/mol. The molecule has 1 aromatic rings. The van der Waals surface area contributed by atoms with Crippen molar-refractivity contribution in [1.82, 2.24) is 0 Å². The van der Waals surface area contributed by atoms with Crippen molar-refractivity contribution in [3.8, 4) is 0 Å². The van der Waals surface area contributed by atoms with Gasteiger partial charge in [-0.1, -0.05) is 36.1 Å². The summed E-state index contributed by atoms with van der Waals surface area (Å²) in [6, 6.07) is 6.31. The highest BCUT2D eigenvalue weighted by Gasteiger charge is 1.73. The van der Waals surface area contributed by atoms with Crippen LogP contribution in [0.4, 0.5) is 0 Å². The standard InChI is InChI=1S/C6H8Si/c1-7-5-3-2-4-6-7/h2-6H,1H3. The zero-order chi connectivity index (χ0) is 5.11. The van der Waals surface area contributed by atoms with Crippen LogP contribution in [0.3, 0.4) is 0 Å². The molecule has 36 valence electrons. The Morgan fingerprint density at radius 2 is 1.57 bits per heavy atom. The van der Waals surface area contributed by atoms with Crippen LogP contribution in [0.1, 0.15) is 0 Å². The Hall–Kier alpha value is -0.433. The molecule has 0 aliphatic carbocycles. The van der Waals surface area contributed by atoms with Crippen LogP contribution in [0, 0.1) is 0 Å². The third-order valence-corrected chi connectivity index (χ3v) is 2.38. The van der Waals surface area contributed by atoms with Crippen molar-refractivity contribution in [3.05, 3.63) is 29.6 Å². The molecule has 0 unspecified atom stereocenters. The van der Waals surface area contributed by atoms with Gasteiger partial charge in [0.15, 0.2) is 0 Å². The molecule has 0 aromatic carbocycles. The van der Waals surface area contributed by atoms with Crippen molar-refractivity contribution < 1.29 is 0 Å². The summed E-state index contributed by atoms with van der Waals surface area (Å²) in [5, 5.41) is 0. The Balaban J connectivity index is 3.02. The number of aryl methyl sites for hydroxylation is 1. The topological polar surface area (TPSA) is 0 Å². The van der Waals surface area contributed by atoms with Crippen LogP contribution in [0.5, 0.6) is 0 Å². The van der Waals surface area contributed by atoms with Gasteiger partial charge in [0.05, 0.1) is 0 Å². The zero-order valence-corrected chi connectivity index (χ0v) is 5.39.